The van der Waals surface area contributed by atoms with Gasteiger partial charge in [-0.3, -0.25) is 4.98 Å². The predicted octanol–water partition coefficient (Wildman–Crippen LogP) is 3.28. The standard InChI is InChI=1S/C14H8BrN3O3/c15-8-1-3-11(9(7-8)14(19)20)21-12-4-2-10-13(18-12)17-6-5-16-10/h1-7H,(H,19,20). The fourth-order valence-corrected chi connectivity index (χ4v) is 2.13. The Kier molecular flexibility index (Phi) is 3.49. The molecule has 0 amide bonds. The molecule has 7 heteroatoms. The Morgan fingerprint density at radius 2 is 1.95 bits per heavy atom. The fourth-order valence-electron chi connectivity index (χ4n) is 1.76. The number of benzene rings is 1. The first kappa shape index (κ1) is 13.4. The zero-order valence-corrected chi connectivity index (χ0v) is 12.1. The lowest BCUT2D eigenvalue weighted by molar-refractivity contribution is 0.0694. The molecule has 3 aromatic rings. The highest BCUT2D eigenvalue weighted by Gasteiger charge is 2.13. The Morgan fingerprint density at radius 1 is 1.14 bits per heavy atom. The van der Waals surface area contributed by atoms with Crippen molar-refractivity contribution in [3.05, 3.63) is 52.8 Å². The second-order valence-electron chi connectivity index (χ2n) is 4.10. The zero-order chi connectivity index (χ0) is 14.8. The van der Waals surface area contributed by atoms with E-state index < -0.39 is 5.97 Å². The highest BCUT2D eigenvalue weighted by molar-refractivity contribution is 9.10. The maximum atomic E-state index is 11.2. The van der Waals surface area contributed by atoms with Crippen molar-refractivity contribution in [2.75, 3.05) is 0 Å². The highest BCUT2D eigenvalue weighted by Crippen LogP contribution is 2.27. The smallest absolute Gasteiger partial charge is 0.339 e. The van der Waals surface area contributed by atoms with Gasteiger partial charge in [-0.05, 0) is 24.3 Å². The molecule has 0 aliphatic rings. The molecule has 0 aliphatic heterocycles. The number of hydrogen-bond acceptors (Lipinski definition) is 5. The van der Waals surface area contributed by atoms with Gasteiger partial charge in [0.15, 0.2) is 5.65 Å². The number of hydrogen-bond donors (Lipinski definition) is 1. The summed E-state index contributed by atoms with van der Waals surface area (Å²) in [4.78, 5) is 23.6. The third-order valence-corrected chi connectivity index (χ3v) is 3.19. The number of ether oxygens (including phenoxy) is 1. The molecule has 2 heterocycles. The molecule has 0 unspecified atom stereocenters. The number of rotatable bonds is 3. The van der Waals surface area contributed by atoms with Crippen LogP contribution in [0.25, 0.3) is 11.2 Å². The minimum atomic E-state index is -1.08. The van der Waals surface area contributed by atoms with Gasteiger partial charge in [-0.2, -0.15) is 4.98 Å². The first-order valence-corrected chi connectivity index (χ1v) is 6.71. The number of pyridine rings is 1. The summed E-state index contributed by atoms with van der Waals surface area (Å²) in [5.41, 5.74) is 1.12. The Balaban J connectivity index is 2.00. The first-order valence-electron chi connectivity index (χ1n) is 5.92. The second-order valence-corrected chi connectivity index (χ2v) is 5.01. The van der Waals surface area contributed by atoms with E-state index in [0.29, 0.717) is 15.6 Å². The van der Waals surface area contributed by atoms with Crippen LogP contribution in [-0.2, 0) is 0 Å². The Morgan fingerprint density at radius 3 is 2.76 bits per heavy atom. The molecule has 6 nitrogen and oxygen atoms in total. The van der Waals surface area contributed by atoms with E-state index in [1.165, 1.54) is 12.3 Å². The third kappa shape index (κ3) is 2.82. The molecule has 0 bridgehead atoms. The van der Waals surface area contributed by atoms with E-state index >= 15 is 0 Å². The molecule has 2 aromatic heterocycles. The lowest BCUT2D eigenvalue weighted by Crippen LogP contribution is -2.01. The Bertz CT molecular complexity index is 839. The molecule has 1 aromatic carbocycles. The van der Waals surface area contributed by atoms with Gasteiger partial charge in [-0.25, -0.2) is 9.78 Å². The lowest BCUT2D eigenvalue weighted by Gasteiger charge is -2.08. The highest BCUT2D eigenvalue weighted by atomic mass is 79.9. The van der Waals surface area contributed by atoms with E-state index in [2.05, 4.69) is 30.9 Å². The molecule has 0 aliphatic carbocycles. The molecule has 0 atom stereocenters. The quantitative estimate of drug-likeness (QED) is 0.783. The summed E-state index contributed by atoms with van der Waals surface area (Å²) in [7, 11) is 0. The van der Waals surface area contributed by atoms with Gasteiger partial charge in [-0.1, -0.05) is 15.9 Å². The number of carbonyl (C=O) groups is 1. The number of aromatic carboxylic acids is 1. The minimum Gasteiger partial charge on any atom is -0.478 e. The van der Waals surface area contributed by atoms with E-state index in [0.717, 1.165) is 0 Å². The van der Waals surface area contributed by atoms with E-state index in [9.17, 15) is 9.90 Å². The van der Waals surface area contributed by atoms with Crippen LogP contribution >= 0.6 is 15.9 Å². The SMILES string of the molecule is O=C(O)c1cc(Br)ccc1Oc1ccc2nccnc2n1. The summed E-state index contributed by atoms with van der Waals surface area (Å²) in [5.74, 6) is -0.610. The van der Waals surface area contributed by atoms with Crippen molar-refractivity contribution in [3.63, 3.8) is 0 Å². The molecular formula is C14H8BrN3O3. The van der Waals surface area contributed by atoms with Crippen molar-refractivity contribution >= 4 is 33.1 Å². The largest absolute Gasteiger partial charge is 0.478 e. The number of aromatic nitrogens is 3. The second kappa shape index (κ2) is 5.45. The van der Waals surface area contributed by atoms with Crippen molar-refractivity contribution in [2.24, 2.45) is 0 Å². The van der Waals surface area contributed by atoms with Crippen LogP contribution in [0.15, 0.2) is 47.2 Å². The predicted molar refractivity (Wildman–Crippen MR) is 78.5 cm³/mol. The van der Waals surface area contributed by atoms with Crippen LogP contribution in [0.5, 0.6) is 11.6 Å². The molecule has 104 valence electrons. The topological polar surface area (TPSA) is 85.2 Å². The van der Waals surface area contributed by atoms with E-state index in [1.54, 1.807) is 30.5 Å². The lowest BCUT2D eigenvalue weighted by atomic mass is 10.2. The van der Waals surface area contributed by atoms with Crippen LogP contribution in [0.4, 0.5) is 0 Å². The maximum Gasteiger partial charge on any atom is 0.339 e. The number of carboxylic acids is 1. The normalized spacial score (nSPS) is 10.5. The van der Waals surface area contributed by atoms with Crippen LogP contribution in [0.1, 0.15) is 10.4 Å². The number of nitrogens with zero attached hydrogens (tertiary/aromatic N) is 3. The van der Waals surface area contributed by atoms with Gasteiger partial charge in [0.05, 0.1) is 0 Å². The van der Waals surface area contributed by atoms with E-state index in [-0.39, 0.29) is 17.2 Å². The molecule has 21 heavy (non-hydrogen) atoms. The summed E-state index contributed by atoms with van der Waals surface area (Å²) < 4.78 is 6.21. The van der Waals surface area contributed by atoms with Crippen molar-refractivity contribution in [2.45, 2.75) is 0 Å². The van der Waals surface area contributed by atoms with Gasteiger partial charge in [-0.15, -0.1) is 0 Å². The van der Waals surface area contributed by atoms with Gasteiger partial charge in [0.1, 0.15) is 16.8 Å². The van der Waals surface area contributed by atoms with Gasteiger partial charge >= 0.3 is 5.97 Å². The van der Waals surface area contributed by atoms with Crippen molar-refractivity contribution < 1.29 is 14.6 Å². The number of halogens is 1. The molecular weight excluding hydrogens is 338 g/mol. The van der Waals surface area contributed by atoms with Crippen molar-refractivity contribution in [3.8, 4) is 11.6 Å². The van der Waals surface area contributed by atoms with Gasteiger partial charge in [0.25, 0.3) is 0 Å². The van der Waals surface area contributed by atoms with Crippen LogP contribution in [0, 0.1) is 0 Å². The summed E-state index contributed by atoms with van der Waals surface area (Å²) in [6.07, 6.45) is 3.10. The zero-order valence-electron chi connectivity index (χ0n) is 10.5. The molecule has 1 N–H and O–H groups in total. The van der Waals surface area contributed by atoms with Gasteiger partial charge in [0.2, 0.25) is 5.88 Å². The first-order chi connectivity index (χ1) is 10.1. The molecule has 0 saturated heterocycles. The molecule has 0 fully saturated rings. The third-order valence-electron chi connectivity index (χ3n) is 2.69. The number of carboxylic acid groups (broad SMARTS) is 1. The average molecular weight is 346 g/mol. The fraction of sp³-hybridized carbons (Fsp3) is 0. The van der Waals surface area contributed by atoms with Crippen molar-refractivity contribution in [1.82, 2.24) is 15.0 Å². The minimum absolute atomic E-state index is 0.0467. The Labute approximate surface area is 127 Å². The van der Waals surface area contributed by atoms with Gasteiger partial charge < -0.3 is 9.84 Å². The van der Waals surface area contributed by atoms with Crippen LogP contribution < -0.4 is 4.74 Å². The average Bonchev–Trinajstić information content (AvgIpc) is 2.49. The summed E-state index contributed by atoms with van der Waals surface area (Å²) in [6, 6.07) is 8.06. The molecule has 0 saturated carbocycles. The van der Waals surface area contributed by atoms with E-state index in [4.69, 9.17) is 4.74 Å². The van der Waals surface area contributed by atoms with Gasteiger partial charge in [0, 0.05) is 22.9 Å². The summed E-state index contributed by atoms with van der Waals surface area (Å²) in [6.45, 7) is 0. The van der Waals surface area contributed by atoms with E-state index in [1.807, 2.05) is 0 Å². The summed E-state index contributed by atoms with van der Waals surface area (Å²) in [5, 5.41) is 9.20. The Hall–Kier alpha value is -2.54. The van der Waals surface area contributed by atoms with Crippen LogP contribution in [0.3, 0.4) is 0 Å². The molecule has 3 rings (SSSR count). The maximum absolute atomic E-state index is 11.2. The monoisotopic (exact) mass is 345 g/mol. The molecule has 0 radical (unpaired) electrons. The summed E-state index contributed by atoms with van der Waals surface area (Å²) >= 11 is 3.23. The van der Waals surface area contributed by atoms with Crippen molar-refractivity contribution in [1.29, 1.82) is 0 Å². The number of fused-ring (bicyclic) bond motifs is 1. The molecule has 0 spiro atoms. The van der Waals surface area contributed by atoms with Crippen LogP contribution in [0.2, 0.25) is 0 Å². The van der Waals surface area contributed by atoms with Crippen LogP contribution in [-0.4, -0.2) is 26.0 Å².